The molecule has 0 aliphatic carbocycles. The van der Waals surface area contributed by atoms with Gasteiger partial charge in [-0.3, -0.25) is 0 Å². The van der Waals surface area contributed by atoms with Gasteiger partial charge in [-0.05, 0) is 28.3 Å². The van der Waals surface area contributed by atoms with Crippen molar-refractivity contribution in [3.63, 3.8) is 0 Å². The van der Waals surface area contributed by atoms with Crippen molar-refractivity contribution < 1.29 is 19.8 Å². The highest BCUT2D eigenvalue weighted by molar-refractivity contribution is 7.11. The Morgan fingerprint density at radius 1 is 0.828 bits per heavy atom. The maximum Gasteiger partial charge on any atom is 0.331 e. The van der Waals surface area contributed by atoms with Gasteiger partial charge in [0.2, 0.25) is 0 Å². The summed E-state index contributed by atoms with van der Waals surface area (Å²) in [6.45, 7) is 8.06. The van der Waals surface area contributed by atoms with Crippen molar-refractivity contribution in [2.75, 3.05) is 0 Å². The van der Waals surface area contributed by atoms with Crippen LogP contribution in [-0.2, 0) is 9.59 Å². The van der Waals surface area contributed by atoms with Crippen molar-refractivity contribution >= 4 is 30.4 Å². The van der Waals surface area contributed by atoms with Gasteiger partial charge in [0.1, 0.15) is 0 Å². The number of hydrogen-bond donors (Lipinski definition) is 2. The van der Waals surface area contributed by atoms with E-state index in [0.29, 0.717) is 6.42 Å². The van der Waals surface area contributed by atoms with Gasteiger partial charge in [-0.2, -0.15) is 0 Å². The van der Waals surface area contributed by atoms with Crippen LogP contribution >= 0.6 is 0 Å². The Morgan fingerprint density at radius 2 is 1.28 bits per heavy atom. The molecule has 2 aromatic rings. The highest BCUT2D eigenvalue weighted by Gasteiger charge is 2.54. The van der Waals surface area contributed by atoms with E-state index in [0.717, 1.165) is 16.8 Å². The van der Waals surface area contributed by atoms with Crippen molar-refractivity contribution in [3.05, 3.63) is 71.4 Å². The molecule has 0 radical (unpaired) electrons. The summed E-state index contributed by atoms with van der Waals surface area (Å²) < 4.78 is 0. The van der Waals surface area contributed by atoms with Crippen LogP contribution in [0.2, 0.25) is 5.04 Å². The SMILES string of the molecule is CCCC/C(C(=O)O)=C(\C(=O)O)[Si](c1ccccc1)(c1ccccc1)C(C)(C)C. The Morgan fingerprint density at radius 3 is 1.59 bits per heavy atom. The fourth-order valence-corrected chi connectivity index (χ4v) is 10.1. The molecule has 0 saturated heterocycles. The maximum absolute atomic E-state index is 12.8. The normalized spacial score (nSPS) is 13.0. The van der Waals surface area contributed by atoms with Gasteiger partial charge in [0.15, 0.2) is 8.07 Å². The second-order valence-electron chi connectivity index (χ2n) is 8.30. The van der Waals surface area contributed by atoms with Gasteiger partial charge in [0, 0.05) is 10.8 Å². The lowest BCUT2D eigenvalue weighted by Gasteiger charge is -2.45. The number of carboxylic acids is 2. The van der Waals surface area contributed by atoms with Crippen LogP contribution in [0.25, 0.3) is 0 Å². The highest BCUT2D eigenvalue weighted by atomic mass is 28.3. The Balaban J connectivity index is 3.09. The molecule has 0 atom stereocenters. The largest absolute Gasteiger partial charge is 0.478 e. The lowest BCUT2D eigenvalue weighted by molar-refractivity contribution is -0.135. The van der Waals surface area contributed by atoms with E-state index < -0.39 is 25.1 Å². The third kappa shape index (κ3) is 4.35. The zero-order valence-electron chi connectivity index (χ0n) is 17.6. The van der Waals surface area contributed by atoms with Crippen LogP contribution in [0.15, 0.2) is 71.4 Å². The molecular formula is C24H30O4Si. The maximum atomic E-state index is 12.8. The molecule has 2 rings (SSSR count). The van der Waals surface area contributed by atoms with E-state index in [1.165, 1.54) is 0 Å². The lowest BCUT2D eigenvalue weighted by Crippen LogP contribution is -2.67. The smallest absolute Gasteiger partial charge is 0.331 e. The van der Waals surface area contributed by atoms with Crippen LogP contribution in [0.1, 0.15) is 47.0 Å². The zero-order valence-corrected chi connectivity index (χ0v) is 18.6. The molecular weight excluding hydrogens is 380 g/mol. The predicted molar refractivity (Wildman–Crippen MR) is 119 cm³/mol. The Kier molecular flexibility index (Phi) is 7.20. The van der Waals surface area contributed by atoms with Gasteiger partial charge in [0.05, 0.1) is 0 Å². The predicted octanol–water partition coefficient (Wildman–Crippen LogP) is 4.24. The van der Waals surface area contributed by atoms with E-state index in [4.69, 9.17) is 0 Å². The molecule has 0 amide bonds. The summed E-state index contributed by atoms with van der Waals surface area (Å²) in [6, 6.07) is 19.2. The molecule has 0 heterocycles. The number of carboxylic acid groups (broad SMARTS) is 2. The molecule has 0 aliphatic rings. The molecule has 5 heteroatoms. The van der Waals surface area contributed by atoms with Crippen LogP contribution < -0.4 is 10.4 Å². The Labute approximate surface area is 173 Å². The van der Waals surface area contributed by atoms with E-state index in [9.17, 15) is 19.8 Å². The van der Waals surface area contributed by atoms with Gasteiger partial charge < -0.3 is 10.2 Å². The zero-order chi connectivity index (χ0) is 21.7. The molecule has 0 fully saturated rings. The van der Waals surface area contributed by atoms with E-state index >= 15 is 0 Å². The summed E-state index contributed by atoms with van der Waals surface area (Å²) in [6.07, 6.45) is 1.68. The highest BCUT2D eigenvalue weighted by Crippen LogP contribution is 2.42. The third-order valence-corrected chi connectivity index (χ3v) is 11.4. The average Bonchev–Trinajstić information content (AvgIpc) is 2.67. The number of carbonyl (C=O) groups is 2. The first kappa shape index (κ1) is 22.6. The van der Waals surface area contributed by atoms with Crippen molar-refractivity contribution in [1.82, 2.24) is 0 Å². The minimum atomic E-state index is -3.22. The second-order valence-corrected chi connectivity index (χ2v) is 13.0. The summed E-state index contributed by atoms with van der Waals surface area (Å²) in [7, 11) is -3.22. The first-order chi connectivity index (χ1) is 13.7. The summed E-state index contributed by atoms with van der Waals surface area (Å²) in [5.41, 5.74) is 0.0358. The van der Waals surface area contributed by atoms with Crippen LogP contribution in [0.5, 0.6) is 0 Å². The van der Waals surface area contributed by atoms with Crippen LogP contribution in [-0.4, -0.2) is 30.2 Å². The molecule has 29 heavy (non-hydrogen) atoms. The van der Waals surface area contributed by atoms with Crippen molar-refractivity contribution in [3.8, 4) is 0 Å². The summed E-state index contributed by atoms with van der Waals surface area (Å²) in [5, 5.41) is 21.9. The van der Waals surface area contributed by atoms with Crippen molar-refractivity contribution in [1.29, 1.82) is 0 Å². The van der Waals surface area contributed by atoms with E-state index in [1.54, 1.807) is 0 Å². The molecule has 0 saturated carbocycles. The van der Waals surface area contributed by atoms with E-state index in [1.807, 2.05) is 88.4 Å². The molecule has 2 aromatic carbocycles. The molecule has 0 unspecified atom stereocenters. The van der Waals surface area contributed by atoms with Gasteiger partial charge in [-0.15, -0.1) is 0 Å². The first-order valence-corrected chi connectivity index (χ1v) is 12.0. The molecule has 0 spiro atoms. The molecule has 2 N–H and O–H groups in total. The van der Waals surface area contributed by atoms with E-state index in [-0.39, 0.29) is 17.2 Å². The van der Waals surface area contributed by atoms with Gasteiger partial charge in [0.25, 0.3) is 0 Å². The summed E-state index contributed by atoms with van der Waals surface area (Å²) in [5.74, 6) is -2.27. The van der Waals surface area contributed by atoms with E-state index in [2.05, 4.69) is 0 Å². The van der Waals surface area contributed by atoms with Gasteiger partial charge >= 0.3 is 11.9 Å². The fourth-order valence-electron chi connectivity index (χ4n) is 4.28. The lowest BCUT2D eigenvalue weighted by atomic mass is 10.1. The van der Waals surface area contributed by atoms with Gasteiger partial charge in [-0.1, -0.05) is 94.8 Å². The quantitative estimate of drug-likeness (QED) is 0.504. The topological polar surface area (TPSA) is 74.6 Å². The molecule has 4 nitrogen and oxygen atoms in total. The standard InChI is InChI=1S/C24H30O4Si/c1-5-6-17-20(22(25)26)21(23(27)28)29(24(2,3)4,18-13-9-7-10-14-18)19-15-11-8-12-16-19/h7-16H,5-6,17H2,1-4H3,(H,25,26)(H,27,28)/b21-20-. The number of hydrogen-bond acceptors (Lipinski definition) is 2. The monoisotopic (exact) mass is 410 g/mol. The number of benzene rings is 2. The van der Waals surface area contributed by atoms with Crippen LogP contribution in [0.3, 0.4) is 0 Å². The molecule has 154 valence electrons. The molecule has 0 bridgehead atoms. The third-order valence-electron chi connectivity index (χ3n) is 5.47. The Hall–Kier alpha value is -2.66. The molecule has 0 aliphatic heterocycles. The van der Waals surface area contributed by atoms with Crippen LogP contribution in [0, 0.1) is 0 Å². The minimum absolute atomic E-state index is 0.0358. The average molecular weight is 411 g/mol. The summed E-state index contributed by atoms with van der Waals surface area (Å²) in [4.78, 5) is 25.1. The minimum Gasteiger partial charge on any atom is -0.478 e. The number of rotatable bonds is 8. The van der Waals surface area contributed by atoms with Crippen molar-refractivity contribution in [2.45, 2.75) is 52.0 Å². The number of unbranched alkanes of at least 4 members (excludes halogenated alkanes) is 1. The summed E-state index contributed by atoms with van der Waals surface area (Å²) >= 11 is 0. The first-order valence-electron chi connectivity index (χ1n) is 9.99. The van der Waals surface area contributed by atoms with Crippen molar-refractivity contribution in [2.24, 2.45) is 0 Å². The number of aliphatic carboxylic acids is 2. The second kappa shape index (κ2) is 9.22. The van der Waals surface area contributed by atoms with Gasteiger partial charge in [-0.25, -0.2) is 9.59 Å². The fraction of sp³-hybridized carbons (Fsp3) is 0.333. The van der Waals surface area contributed by atoms with Crippen LogP contribution in [0.4, 0.5) is 0 Å². The molecule has 0 aromatic heterocycles. The Bertz CT molecular complexity index is 841.